The fraction of sp³-hybridized carbons (Fsp3) is 0.471. The summed E-state index contributed by atoms with van der Waals surface area (Å²) in [6.45, 7) is 9.00. The number of hydrogen-bond acceptors (Lipinski definition) is 2. The van der Waals surface area contributed by atoms with Crippen LogP contribution in [0.1, 0.15) is 33.3 Å². The summed E-state index contributed by atoms with van der Waals surface area (Å²) in [7, 11) is 0. The van der Waals surface area contributed by atoms with Gasteiger partial charge >= 0.3 is 125 Å². The van der Waals surface area contributed by atoms with Gasteiger partial charge in [0.05, 0.1) is 0 Å². The van der Waals surface area contributed by atoms with Gasteiger partial charge in [-0.2, -0.15) is 0 Å². The van der Waals surface area contributed by atoms with Crippen LogP contribution in [0, 0.1) is 0 Å². The van der Waals surface area contributed by atoms with E-state index in [0.29, 0.717) is 6.61 Å². The predicted octanol–water partition coefficient (Wildman–Crippen LogP) is 4.68. The van der Waals surface area contributed by atoms with Crippen LogP contribution in [0.4, 0.5) is 0 Å². The van der Waals surface area contributed by atoms with Crippen molar-refractivity contribution in [2.75, 3.05) is 6.61 Å². The van der Waals surface area contributed by atoms with Crippen molar-refractivity contribution in [1.82, 2.24) is 0 Å². The molecule has 0 aliphatic rings. The number of benzene rings is 1. The first-order valence-corrected chi connectivity index (χ1v) is 13.1. The second-order valence-corrected chi connectivity index (χ2v) is 16.0. The first-order chi connectivity index (χ1) is 9.63. The second kappa shape index (κ2) is 8.30. The Hall–Kier alpha value is -1.03. The van der Waals surface area contributed by atoms with Crippen molar-refractivity contribution in [1.29, 1.82) is 0 Å². The molecule has 1 aromatic carbocycles. The molecule has 3 heteroatoms. The molecular weight excluding hydrogens is 309 g/mol. The zero-order chi connectivity index (χ0) is 15.0. The SMILES string of the molecule is CCOC(=O)/[C](=C\c1ccccc1)[Ge]([CH2]C)([CH2]C)[CH2]C. The summed E-state index contributed by atoms with van der Waals surface area (Å²) in [4.78, 5) is 12.4. The van der Waals surface area contributed by atoms with Crippen molar-refractivity contribution in [3.63, 3.8) is 0 Å². The van der Waals surface area contributed by atoms with Gasteiger partial charge in [-0.05, 0) is 0 Å². The van der Waals surface area contributed by atoms with E-state index in [4.69, 9.17) is 4.74 Å². The Labute approximate surface area is 125 Å². The zero-order valence-corrected chi connectivity index (χ0v) is 15.2. The molecule has 0 aliphatic heterocycles. The van der Waals surface area contributed by atoms with E-state index in [0.717, 1.165) is 25.7 Å². The van der Waals surface area contributed by atoms with E-state index in [2.05, 4.69) is 26.8 Å². The number of ether oxygens (including phenoxy) is 1. The molecule has 0 spiro atoms. The van der Waals surface area contributed by atoms with Crippen molar-refractivity contribution in [3.05, 3.63) is 40.3 Å². The topological polar surface area (TPSA) is 26.3 Å². The van der Waals surface area contributed by atoms with Crippen molar-refractivity contribution in [2.24, 2.45) is 0 Å². The van der Waals surface area contributed by atoms with E-state index in [9.17, 15) is 4.79 Å². The van der Waals surface area contributed by atoms with Gasteiger partial charge in [-0.1, -0.05) is 0 Å². The Balaban J connectivity index is 3.27. The van der Waals surface area contributed by atoms with Crippen LogP contribution in [0.15, 0.2) is 34.7 Å². The van der Waals surface area contributed by atoms with Gasteiger partial charge in [0.2, 0.25) is 0 Å². The molecular formula is C17H26GeO2. The van der Waals surface area contributed by atoms with Crippen molar-refractivity contribution >= 4 is 25.3 Å². The van der Waals surface area contributed by atoms with E-state index < -0.39 is 13.3 Å². The summed E-state index contributed by atoms with van der Waals surface area (Å²) in [6, 6.07) is 10.1. The maximum absolute atomic E-state index is 12.4. The molecule has 0 N–H and O–H groups in total. The maximum atomic E-state index is 12.4. The number of esters is 1. The molecule has 20 heavy (non-hydrogen) atoms. The molecule has 0 unspecified atom stereocenters. The Kier molecular flexibility index (Phi) is 7.07. The number of rotatable bonds is 7. The molecule has 0 fully saturated rings. The molecule has 110 valence electrons. The Morgan fingerprint density at radius 2 is 1.60 bits per heavy atom. The predicted molar refractivity (Wildman–Crippen MR) is 88.2 cm³/mol. The van der Waals surface area contributed by atoms with E-state index in [1.807, 2.05) is 37.3 Å². The molecule has 0 bridgehead atoms. The first-order valence-electron chi connectivity index (χ1n) is 7.57. The van der Waals surface area contributed by atoms with Crippen LogP contribution in [-0.2, 0) is 9.53 Å². The molecule has 1 rings (SSSR count). The van der Waals surface area contributed by atoms with Crippen molar-refractivity contribution in [3.8, 4) is 0 Å². The minimum atomic E-state index is -2.32. The van der Waals surface area contributed by atoms with Crippen LogP contribution in [0.25, 0.3) is 6.08 Å². The summed E-state index contributed by atoms with van der Waals surface area (Å²) < 4.78 is 6.32. The number of carbonyl (C=O) groups excluding carboxylic acids is 1. The monoisotopic (exact) mass is 336 g/mol. The fourth-order valence-corrected chi connectivity index (χ4v) is 10.3. The van der Waals surface area contributed by atoms with Crippen LogP contribution in [0.5, 0.6) is 0 Å². The Morgan fingerprint density at radius 3 is 2.05 bits per heavy atom. The third-order valence-electron chi connectivity index (χ3n) is 4.21. The van der Waals surface area contributed by atoms with Crippen LogP contribution in [0.2, 0.25) is 15.8 Å². The van der Waals surface area contributed by atoms with Crippen LogP contribution in [-0.4, -0.2) is 25.8 Å². The minimum absolute atomic E-state index is 0.0955. The number of carbonyl (C=O) groups is 1. The van der Waals surface area contributed by atoms with Crippen LogP contribution >= 0.6 is 0 Å². The molecule has 0 aromatic heterocycles. The third kappa shape index (κ3) is 3.98. The molecule has 0 aliphatic carbocycles. The summed E-state index contributed by atoms with van der Waals surface area (Å²) in [6.07, 6.45) is 2.08. The fourth-order valence-electron chi connectivity index (χ4n) is 2.67. The van der Waals surface area contributed by atoms with Gasteiger partial charge in [0.25, 0.3) is 0 Å². The zero-order valence-electron chi connectivity index (χ0n) is 13.1. The summed E-state index contributed by atoms with van der Waals surface area (Å²) in [5.74, 6) is -0.0955. The standard InChI is InChI=1S/C17H26GeO2/c1-5-18(6-2,7-3)16(17(19)20-8-4)14-15-12-10-9-11-13-15/h9-14H,5-8H2,1-4H3/b16-14+. The van der Waals surface area contributed by atoms with Gasteiger partial charge in [0.15, 0.2) is 0 Å². The average molecular weight is 335 g/mol. The second-order valence-electron chi connectivity index (χ2n) is 5.03. The molecule has 1 aromatic rings. The van der Waals surface area contributed by atoms with Crippen molar-refractivity contribution < 1.29 is 9.53 Å². The average Bonchev–Trinajstić information content (AvgIpc) is 2.49. The van der Waals surface area contributed by atoms with Crippen LogP contribution in [0.3, 0.4) is 0 Å². The quantitative estimate of drug-likeness (QED) is 0.411. The molecule has 2 nitrogen and oxygen atoms in total. The van der Waals surface area contributed by atoms with E-state index in [1.54, 1.807) is 0 Å². The molecule has 0 atom stereocenters. The molecule has 0 heterocycles. The summed E-state index contributed by atoms with van der Waals surface area (Å²) in [5.41, 5.74) is 1.10. The van der Waals surface area contributed by atoms with E-state index in [1.165, 1.54) is 0 Å². The molecule has 0 amide bonds. The Morgan fingerprint density at radius 1 is 1.05 bits per heavy atom. The van der Waals surface area contributed by atoms with Crippen molar-refractivity contribution in [2.45, 2.75) is 43.5 Å². The summed E-state index contributed by atoms with van der Waals surface area (Å²) >= 11 is -2.32. The Bertz CT molecular complexity index is 439. The van der Waals surface area contributed by atoms with Crippen LogP contribution < -0.4 is 0 Å². The number of hydrogen-bond donors (Lipinski definition) is 0. The summed E-state index contributed by atoms with van der Waals surface area (Å²) in [5, 5.41) is 3.39. The van der Waals surface area contributed by atoms with Gasteiger partial charge < -0.3 is 0 Å². The van der Waals surface area contributed by atoms with Gasteiger partial charge in [-0.3, -0.25) is 0 Å². The van der Waals surface area contributed by atoms with Gasteiger partial charge in [-0.25, -0.2) is 0 Å². The normalized spacial score (nSPS) is 12.3. The van der Waals surface area contributed by atoms with Gasteiger partial charge in [0.1, 0.15) is 0 Å². The molecule has 0 saturated heterocycles. The van der Waals surface area contributed by atoms with E-state index >= 15 is 0 Å². The van der Waals surface area contributed by atoms with Gasteiger partial charge in [0, 0.05) is 0 Å². The third-order valence-corrected chi connectivity index (χ3v) is 15.9. The van der Waals surface area contributed by atoms with E-state index in [-0.39, 0.29) is 5.97 Å². The first kappa shape index (κ1) is 17.0. The molecule has 0 radical (unpaired) electrons. The van der Waals surface area contributed by atoms with Gasteiger partial charge in [-0.15, -0.1) is 0 Å². The molecule has 0 saturated carbocycles.